The predicted molar refractivity (Wildman–Crippen MR) is 83.8 cm³/mol. The van der Waals surface area contributed by atoms with E-state index in [-0.39, 0.29) is 28.8 Å². The molecule has 1 aromatic carbocycles. The maximum absolute atomic E-state index is 12.0. The van der Waals surface area contributed by atoms with Gasteiger partial charge in [-0.15, -0.1) is 0 Å². The molecule has 0 aromatic heterocycles. The Bertz CT molecular complexity index is 633. The Morgan fingerprint density at radius 2 is 2.00 bits per heavy atom. The van der Waals surface area contributed by atoms with Gasteiger partial charge in [0, 0.05) is 0 Å². The Labute approximate surface area is 136 Å². The fourth-order valence-electron chi connectivity index (χ4n) is 2.46. The molecule has 1 aliphatic heterocycles. The van der Waals surface area contributed by atoms with Gasteiger partial charge in [0.15, 0.2) is 0 Å². The van der Waals surface area contributed by atoms with Gasteiger partial charge in [0.25, 0.3) is 10.1 Å². The first-order chi connectivity index (χ1) is 10.8. The summed E-state index contributed by atoms with van der Waals surface area (Å²) in [6, 6.07) is 6.10. The van der Waals surface area contributed by atoms with Crippen LogP contribution in [-0.4, -0.2) is 38.3 Å². The van der Waals surface area contributed by atoms with Gasteiger partial charge in [0.1, 0.15) is 12.7 Å². The van der Waals surface area contributed by atoms with Crippen LogP contribution >= 0.6 is 0 Å². The van der Waals surface area contributed by atoms with E-state index in [1.807, 2.05) is 13.8 Å². The van der Waals surface area contributed by atoms with Crippen LogP contribution in [0.4, 0.5) is 0 Å². The third kappa shape index (κ3) is 5.30. The van der Waals surface area contributed by atoms with Gasteiger partial charge in [-0.2, -0.15) is 8.42 Å². The number of rotatable bonds is 8. The molecule has 6 nitrogen and oxygen atoms in total. The average Bonchev–Trinajstić information content (AvgIpc) is 3.33. The fraction of sp³-hybridized carbons (Fsp3) is 0.562. The Morgan fingerprint density at radius 1 is 1.39 bits per heavy atom. The number of hydrogen-bond acceptors (Lipinski definition) is 5. The van der Waals surface area contributed by atoms with Crippen molar-refractivity contribution < 1.29 is 27.2 Å². The van der Waals surface area contributed by atoms with Crippen molar-refractivity contribution in [3.63, 3.8) is 0 Å². The number of epoxide rings is 1. The zero-order chi connectivity index (χ0) is 17.0. The van der Waals surface area contributed by atoms with Gasteiger partial charge < -0.3 is 9.47 Å². The van der Waals surface area contributed by atoms with Crippen LogP contribution in [0.2, 0.25) is 0 Å². The lowest BCUT2D eigenvalue weighted by Gasteiger charge is -2.19. The number of ether oxygens (including phenoxy) is 2. The third-order valence-electron chi connectivity index (χ3n) is 4.00. The first-order valence-corrected chi connectivity index (χ1v) is 9.11. The molecule has 1 N–H and O–H groups in total. The predicted octanol–water partition coefficient (Wildman–Crippen LogP) is 2.40. The lowest BCUT2D eigenvalue weighted by Crippen LogP contribution is -2.19. The smallest absolute Gasteiger partial charge is 0.308 e. The Hall–Kier alpha value is -1.44. The van der Waals surface area contributed by atoms with Gasteiger partial charge in [-0.3, -0.25) is 9.35 Å². The van der Waals surface area contributed by atoms with Crippen molar-refractivity contribution >= 4 is 16.1 Å². The maximum Gasteiger partial charge on any atom is 0.308 e. The summed E-state index contributed by atoms with van der Waals surface area (Å²) in [5.74, 6) is -0.376. The van der Waals surface area contributed by atoms with Crippen LogP contribution < -0.4 is 0 Å². The summed E-state index contributed by atoms with van der Waals surface area (Å²) in [5, 5.41) is 0. The highest BCUT2D eigenvalue weighted by Gasteiger charge is 2.26. The molecule has 0 spiro atoms. The summed E-state index contributed by atoms with van der Waals surface area (Å²) < 4.78 is 41.3. The van der Waals surface area contributed by atoms with Gasteiger partial charge >= 0.3 is 5.97 Å². The molecule has 1 heterocycles. The second-order valence-electron chi connectivity index (χ2n) is 5.87. The molecular formula is C16H22O6S. The summed E-state index contributed by atoms with van der Waals surface area (Å²) >= 11 is 0. The molecule has 1 aromatic rings. The third-order valence-corrected chi connectivity index (χ3v) is 4.86. The lowest BCUT2D eigenvalue weighted by atomic mass is 9.88. The average molecular weight is 342 g/mol. The van der Waals surface area contributed by atoms with Crippen molar-refractivity contribution in [2.45, 2.75) is 43.6 Å². The molecule has 1 fully saturated rings. The van der Waals surface area contributed by atoms with Gasteiger partial charge in [-0.1, -0.05) is 26.0 Å². The maximum atomic E-state index is 12.0. The van der Waals surface area contributed by atoms with Gasteiger partial charge in [-0.05, 0) is 36.5 Å². The van der Waals surface area contributed by atoms with Gasteiger partial charge in [0.2, 0.25) is 0 Å². The van der Waals surface area contributed by atoms with Crippen molar-refractivity contribution in [1.29, 1.82) is 0 Å². The molecule has 128 valence electrons. The van der Waals surface area contributed by atoms with E-state index in [4.69, 9.17) is 14.0 Å². The molecule has 2 rings (SSSR count). The minimum absolute atomic E-state index is 0.0566. The minimum atomic E-state index is -4.18. The molecular weight excluding hydrogens is 320 g/mol. The Morgan fingerprint density at radius 3 is 2.48 bits per heavy atom. The van der Waals surface area contributed by atoms with E-state index in [0.717, 1.165) is 12.0 Å². The highest BCUT2D eigenvalue weighted by Crippen LogP contribution is 2.28. The summed E-state index contributed by atoms with van der Waals surface area (Å²) in [6.07, 6.45) is 1.49. The van der Waals surface area contributed by atoms with E-state index in [9.17, 15) is 13.2 Å². The topological polar surface area (TPSA) is 93.2 Å². The molecule has 3 unspecified atom stereocenters. The van der Waals surface area contributed by atoms with E-state index in [1.165, 1.54) is 12.1 Å². The summed E-state index contributed by atoms with van der Waals surface area (Å²) in [5.41, 5.74) is 0.935. The molecule has 0 bridgehead atoms. The standard InChI is InChI=1S/C16H22O6S/c1-3-12(8-11(2)16(17)22-10-14-9-21-14)13-4-6-15(7-5-13)23(18,19)20/h4-7,11-12,14H,3,8-10H2,1-2H3,(H,18,19,20). The van der Waals surface area contributed by atoms with Crippen LogP contribution in [0.15, 0.2) is 29.2 Å². The van der Waals surface area contributed by atoms with Crippen molar-refractivity contribution in [1.82, 2.24) is 0 Å². The normalized spacial score (nSPS) is 19.9. The second-order valence-corrected chi connectivity index (χ2v) is 7.29. The number of hydrogen-bond donors (Lipinski definition) is 1. The zero-order valence-corrected chi connectivity index (χ0v) is 14.1. The van der Waals surface area contributed by atoms with Crippen LogP contribution in [0.3, 0.4) is 0 Å². The number of carbonyl (C=O) groups excluding carboxylic acids is 1. The van der Waals surface area contributed by atoms with E-state index in [2.05, 4.69) is 0 Å². The highest BCUT2D eigenvalue weighted by molar-refractivity contribution is 7.85. The minimum Gasteiger partial charge on any atom is -0.463 e. The van der Waals surface area contributed by atoms with E-state index < -0.39 is 10.1 Å². The summed E-state index contributed by atoms with van der Waals surface area (Å²) in [4.78, 5) is 11.8. The van der Waals surface area contributed by atoms with Crippen LogP contribution in [0.25, 0.3) is 0 Å². The number of carbonyl (C=O) groups is 1. The SMILES string of the molecule is CCC(CC(C)C(=O)OCC1CO1)c1ccc(S(=O)(=O)O)cc1. The number of benzene rings is 1. The molecule has 1 aliphatic rings. The first-order valence-electron chi connectivity index (χ1n) is 7.67. The molecule has 0 radical (unpaired) electrons. The van der Waals surface area contributed by atoms with Crippen LogP contribution in [0.1, 0.15) is 38.2 Å². The van der Waals surface area contributed by atoms with Crippen molar-refractivity contribution in [3.8, 4) is 0 Å². The lowest BCUT2D eigenvalue weighted by molar-refractivity contribution is -0.148. The Kier molecular flexibility index (Phi) is 5.78. The molecule has 7 heteroatoms. The second kappa shape index (κ2) is 7.42. The van der Waals surface area contributed by atoms with Crippen molar-refractivity contribution in [3.05, 3.63) is 29.8 Å². The van der Waals surface area contributed by atoms with E-state index in [1.54, 1.807) is 12.1 Å². The van der Waals surface area contributed by atoms with Crippen LogP contribution in [0.5, 0.6) is 0 Å². The largest absolute Gasteiger partial charge is 0.463 e. The zero-order valence-electron chi connectivity index (χ0n) is 13.3. The van der Waals surface area contributed by atoms with Gasteiger partial charge in [0.05, 0.1) is 17.4 Å². The molecule has 0 aliphatic carbocycles. The van der Waals surface area contributed by atoms with Crippen molar-refractivity contribution in [2.75, 3.05) is 13.2 Å². The van der Waals surface area contributed by atoms with Crippen LogP contribution in [0, 0.1) is 5.92 Å². The highest BCUT2D eigenvalue weighted by atomic mass is 32.2. The summed E-state index contributed by atoms with van der Waals surface area (Å²) in [7, 11) is -4.18. The van der Waals surface area contributed by atoms with Crippen molar-refractivity contribution in [2.24, 2.45) is 5.92 Å². The molecule has 23 heavy (non-hydrogen) atoms. The molecule has 3 atom stereocenters. The van der Waals surface area contributed by atoms with E-state index in [0.29, 0.717) is 19.6 Å². The van der Waals surface area contributed by atoms with Crippen LogP contribution in [-0.2, 0) is 24.4 Å². The van der Waals surface area contributed by atoms with Gasteiger partial charge in [-0.25, -0.2) is 0 Å². The fourth-order valence-corrected chi connectivity index (χ4v) is 2.94. The first kappa shape index (κ1) is 17.9. The summed E-state index contributed by atoms with van der Waals surface area (Å²) in [6.45, 7) is 4.80. The molecule has 0 saturated carbocycles. The number of esters is 1. The Balaban J connectivity index is 1.96. The quantitative estimate of drug-likeness (QED) is 0.443. The molecule has 0 amide bonds. The monoisotopic (exact) mass is 342 g/mol. The van der Waals surface area contributed by atoms with E-state index >= 15 is 0 Å². The molecule has 1 saturated heterocycles.